The van der Waals surface area contributed by atoms with Gasteiger partial charge in [0.15, 0.2) is 5.16 Å². The van der Waals surface area contributed by atoms with E-state index in [1.807, 2.05) is 29.0 Å². The third-order valence-corrected chi connectivity index (χ3v) is 4.45. The molecular formula is C16H12Cl2N4OS. The molecule has 1 aromatic carbocycles. The lowest BCUT2D eigenvalue weighted by Gasteiger charge is -2.08. The Labute approximate surface area is 153 Å². The van der Waals surface area contributed by atoms with E-state index in [2.05, 4.69) is 15.3 Å². The lowest BCUT2D eigenvalue weighted by atomic mass is 10.3. The van der Waals surface area contributed by atoms with Crippen LogP contribution in [0.1, 0.15) is 0 Å². The first-order valence-electron chi connectivity index (χ1n) is 6.95. The van der Waals surface area contributed by atoms with Gasteiger partial charge in [-0.1, -0.05) is 41.0 Å². The Morgan fingerprint density at radius 1 is 1.17 bits per heavy atom. The van der Waals surface area contributed by atoms with E-state index in [0.717, 1.165) is 5.69 Å². The highest BCUT2D eigenvalue weighted by Crippen LogP contribution is 2.22. The van der Waals surface area contributed by atoms with Crippen LogP contribution < -0.4 is 5.32 Å². The van der Waals surface area contributed by atoms with Gasteiger partial charge in [-0.05, 0) is 30.3 Å². The predicted octanol–water partition coefficient (Wildman–Crippen LogP) is 4.30. The van der Waals surface area contributed by atoms with Crippen LogP contribution in [-0.4, -0.2) is 26.2 Å². The van der Waals surface area contributed by atoms with Gasteiger partial charge in [0.1, 0.15) is 5.82 Å². The van der Waals surface area contributed by atoms with E-state index in [9.17, 15) is 4.79 Å². The number of amides is 1. The first-order chi connectivity index (χ1) is 11.6. The molecule has 0 aliphatic rings. The fourth-order valence-electron chi connectivity index (χ4n) is 1.98. The number of imidazole rings is 1. The number of anilines is 1. The van der Waals surface area contributed by atoms with Gasteiger partial charge in [0.05, 0.1) is 10.8 Å². The number of nitrogens with one attached hydrogen (secondary N) is 1. The number of pyridine rings is 1. The van der Waals surface area contributed by atoms with Crippen LogP contribution in [0.25, 0.3) is 5.69 Å². The Kier molecular flexibility index (Phi) is 5.40. The first-order valence-corrected chi connectivity index (χ1v) is 8.69. The number of carbonyl (C=O) groups excluding carboxylic acids is 1. The van der Waals surface area contributed by atoms with Crippen molar-refractivity contribution in [2.45, 2.75) is 5.16 Å². The number of benzene rings is 1. The van der Waals surface area contributed by atoms with Crippen LogP contribution in [0.2, 0.25) is 10.0 Å². The van der Waals surface area contributed by atoms with E-state index in [4.69, 9.17) is 23.2 Å². The monoisotopic (exact) mass is 378 g/mol. The summed E-state index contributed by atoms with van der Waals surface area (Å²) in [6, 6.07) is 10.8. The Bertz CT molecular complexity index is 851. The molecule has 0 atom stereocenters. The van der Waals surface area contributed by atoms with E-state index in [1.165, 1.54) is 18.0 Å². The number of carbonyl (C=O) groups is 1. The van der Waals surface area contributed by atoms with Gasteiger partial charge in [0.2, 0.25) is 5.91 Å². The molecule has 3 rings (SSSR count). The van der Waals surface area contributed by atoms with Gasteiger partial charge in [0.25, 0.3) is 0 Å². The number of halogens is 2. The summed E-state index contributed by atoms with van der Waals surface area (Å²) < 4.78 is 1.88. The third kappa shape index (κ3) is 4.29. The Balaban J connectivity index is 1.64. The second-order valence-corrected chi connectivity index (χ2v) is 6.57. The molecule has 1 N–H and O–H groups in total. The van der Waals surface area contributed by atoms with E-state index in [-0.39, 0.29) is 11.7 Å². The summed E-state index contributed by atoms with van der Waals surface area (Å²) in [4.78, 5) is 20.3. The van der Waals surface area contributed by atoms with E-state index in [0.29, 0.717) is 21.0 Å². The molecule has 1 amide bonds. The van der Waals surface area contributed by atoms with Crippen LogP contribution in [0, 0.1) is 0 Å². The van der Waals surface area contributed by atoms with Gasteiger partial charge in [-0.15, -0.1) is 0 Å². The molecule has 8 heteroatoms. The van der Waals surface area contributed by atoms with Gasteiger partial charge in [-0.3, -0.25) is 9.36 Å². The Hall–Kier alpha value is -2.02. The molecule has 0 fully saturated rings. The molecule has 24 heavy (non-hydrogen) atoms. The van der Waals surface area contributed by atoms with Crippen LogP contribution in [0.15, 0.2) is 60.1 Å². The summed E-state index contributed by atoms with van der Waals surface area (Å²) in [5.41, 5.74) is 0.891. The largest absolute Gasteiger partial charge is 0.310 e. The zero-order valence-corrected chi connectivity index (χ0v) is 14.6. The molecular weight excluding hydrogens is 367 g/mol. The lowest BCUT2D eigenvalue weighted by molar-refractivity contribution is -0.113. The number of aromatic nitrogens is 3. The molecule has 2 heterocycles. The molecule has 0 aliphatic carbocycles. The number of rotatable bonds is 5. The van der Waals surface area contributed by atoms with Crippen molar-refractivity contribution in [2.24, 2.45) is 0 Å². The summed E-state index contributed by atoms with van der Waals surface area (Å²) in [5.74, 6) is 0.501. The molecule has 3 aromatic rings. The van der Waals surface area contributed by atoms with Gasteiger partial charge in [-0.2, -0.15) is 0 Å². The Morgan fingerprint density at radius 2 is 2.04 bits per heavy atom. The van der Waals surface area contributed by atoms with Crippen molar-refractivity contribution in [3.05, 3.63) is 65.0 Å². The molecule has 0 bridgehead atoms. The van der Waals surface area contributed by atoms with E-state index < -0.39 is 0 Å². The summed E-state index contributed by atoms with van der Waals surface area (Å²) in [5, 5.41) is 4.58. The summed E-state index contributed by atoms with van der Waals surface area (Å²) in [6.07, 6.45) is 4.99. The van der Waals surface area contributed by atoms with Gasteiger partial charge >= 0.3 is 0 Å². The van der Waals surface area contributed by atoms with Crippen molar-refractivity contribution in [3.63, 3.8) is 0 Å². The average molecular weight is 379 g/mol. The smallest absolute Gasteiger partial charge is 0.236 e. The predicted molar refractivity (Wildman–Crippen MR) is 97.2 cm³/mol. The van der Waals surface area contributed by atoms with Crippen molar-refractivity contribution in [2.75, 3.05) is 11.1 Å². The topological polar surface area (TPSA) is 59.8 Å². The van der Waals surface area contributed by atoms with Crippen LogP contribution in [0.3, 0.4) is 0 Å². The molecule has 0 unspecified atom stereocenters. The fourth-order valence-corrected chi connectivity index (χ4v) is 3.05. The minimum absolute atomic E-state index is 0.171. The van der Waals surface area contributed by atoms with Gasteiger partial charge < -0.3 is 5.32 Å². The quantitative estimate of drug-likeness (QED) is 0.672. The zero-order chi connectivity index (χ0) is 16.9. The molecule has 0 aliphatic heterocycles. The number of hydrogen-bond donors (Lipinski definition) is 1. The molecule has 0 saturated carbocycles. The maximum atomic E-state index is 12.0. The third-order valence-electron chi connectivity index (χ3n) is 3.02. The molecule has 2 aromatic heterocycles. The summed E-state index contributed by atoms with van der Waals surface area (Å²) >= 11 is 13.1. The maximum Gasteiger partial charge on any atom is 0.236 e. The van der Waals surface area contributed by atoms with Crippen molar-refractivity contribution >= 4 is 46.7 Å². The van der Waals surface area contributed by atoms with Gasteiger partial charge in [0, 0.05) is 29.3 Å². The fraction of sp³-hybridized carbons (Fsp3) is 0.0625. The normalized spacial score (nSPS) is 10.6. The van der Waals surface area contributed by atoms with Gasteiger partial charge in [-0.25, -0.2) is 9.97 Å². The first kappa shape index (κ1) is 16.8. The van der Waals surface area contributed by atoms with Crippen molar-refractivity contribution < 1.29 is 4.79 Å². The van der Waals surface area contributed by atoms with Crippen LogP contribution >= 0.6 is 35.0 Å². The average Bonchev–Trinajstić information content (AvgIpc) is 3.04. The second kappa shape index (κ2) is 7.70. The molecule has 0 spiro atoms. The lowest BCUT2D eigenvalue weighted by Crippen LogP contribution is -2.15. The number of thioether (sulfide) groups is 1. The maximum absolute atomic E-state index is 12.0. The van der Waals surface area contributed by atoms with Crippen LogP contribution in [0.5, 0.6) is 0 Å². The molecule has 5 nitrogen and oxygen atoms in total. The standard InChI is InChI=1S/C16H12Cl2N4OS/c17-11-2-1-3-13(8-11)22-7-6-19-16(22)24-10-15(23)21-14-5-4-12(18)9-20-14/h1-9H,10H2,(H,20,21,23). The minimum Gasteiger partial charge on any atom is -0.310 e. The SMILES string of the molecule is O=C(CSc1nccn1-c1cccc(Cl)c1)Nc1ccc(Cl)cn1. The number of nitrogens with zero attached hydrogens (tertiary/aromatic N) is 3. The van der Waals surface area contributed by atoms with Crippen molar-refractivity contribution in [1.82, 2.24) is 14.5 Å². The number of hydrogen-bond acceptors (Lipinski definition) is 4. The minimum atomic E-state index is -0.171. The van der Waals surface area contributed by atoms with Crippen molar-refractivity contribution in [3.8, 4) is 5.69 Å². The highest BCUT2D eigenvalue weighted by atomic mass is 35.5. The highest BCUT2D eigenvalue weighted by molar-refractivity contribution is 7.99. The van der Waals surface area contributed by atoms with Crippen LogP contribution in [-0.2, 0) is 4.79 Å². The molecule has 0 radical (unpaired) electrons. The summed E-state index contributed by atoms with van der Waals surface area (Å²) in [6.45, 7) is 0. The highest BCUT2D eigenvalue weighted by Gasteiger charge is 2.10. The van der Waals surface area contributed by atoms with Crippen molar-refractivity contribution in [1.29, 1.82) is 0 Å². The zero-order valence-electron chi connectivity index (χ0n) is 12.3. The van der Waals surface area contributed by atoms with Crippen LogP contribution in [0.4, 0.5) is 5.82 Å². The molecule has 0 saturated heterocycles. The Morgan fingerprint density at radius 3 is 2.79 bits per heavy atom. The second-order valence-electron chi connectivity index (χ2n) is 4.76. The summed E-state index contributed by atoms with van der Waals surface area (Å²) in [7, 11) is 0. The molecule has 122 valence electrons. The van der Waals surface area contributed by atoms with E-state index in [1.54, 1.807) is 24.4 Å². The van der Waals surface area contributed by atoms with E-state index >= 15 is 0 Å².